The zero-order valence-corrected chi connectivity index (χ0v) is 18.9. The molecule has 2 aromatic carbocycles. The normalized spacial score (nSPS) is 10.7. The first kappa shape index (κ1) is 22.5. The molecule has 6 nitrogen and oxygen atoms in total. The molecule has 0 radical (unpaired) electrons. The van der Waals surface area contributed by atoms with Gasteiger partial charge in [-0.25, -0.2) is 9.78 Å². The van der Waals surface area contributed by atoms with E-state index in [1.165, 1.54) is 18.3 Å². The Balaban J connectivity index is 1.63. The molecule has 0 N–H and O–H groups in total. The van der Waals surface area contributed by atoms with Crippen LogP contribution >= 0.6 is 11.3 Å². The first-order chi connectivity index (χ1) is 14.8. The van der Waals surface area contributed by atoms with Crippen molar-refractivity contribution in [1.82, 2.24) is 4.98 Å². The Morgan fingerprint density at radius 2 is 1.87 bits per heavy atom. The molecule has 0 fully saturated rings. The molecule has 0 bridgehead atoms. The standard InChI is InChI=1S/C24H26N2O4S/c1-16(2)13-29-22-10-8-19(9-11-22)23(28)30-14-20-15-31-24(25-20)26(18(4)27)21-7-5-6-17(3)12-21/h5-12,15-16H,13-14H2,1-4H3. The highest BCUT2D eigenvalue weighted by Crippen LogP contribution is 2.29. The lowest BCUT2D eigenvalue weighted by Gasteiger charge is -2.18. The Hall–Kier alpha value is -3.19. The molecule has 0 saturated carbocycles. The third kappa shape index (κ3) is 6.15. The number of hydrogen-bond donors (Lipinski definition) is 0. The molecule has 0 aliphatic carbocycles. The van der Waals surface area contributed by atoms with Crippen molar-refractivity contribution in [2.45, 2.75) is 34.3 Å². The maximum absolute atomic E-state index is 12.4. The lowest BCUT2D eigenvalue weighted by Crippen LogP contribution is -2.22. The Kier molecular flexibility index (Phi) is 7.41. The third-order valence-electron chi connectivity index (χ3n) is 4.33. The van der Waals surface area contributed by atoms with Crippen molar-refractivity contribution in [3.63, 3.8) is 0 Å². The van der Waals surface area contributed by atoms with Gasteiger partial charge in [0.2, 0.25) is 5.91 Å². The van der Waals surface area contributed by atoms with Gasteiger partial charge in [-0.1, -0.05) is 26.0 Å². The Bertz CT molecular complexity index is 1040. The van der Waals surface area contributed by atoms with Gasteiger partial charge in [-0.05, 0) is 54.8 Å². The minimum absolute atomic E-state index is 0.0283. The van der Waals surface area contributed by atoms with Crippen molar-refractivity contribution in [2.75, 3.05) is 11.5 Å². The fraction of sp³-hybridized carbons (Fsp3) is 0.292. The number of amides is 1. The number of aryl methyl sites for hydroxylation is 1. The smallest absolute Gasteiger partial charge is 0.338 e. The SMILES string of the molecule is CC(=O)N(c1cccc(C)c1)c1nc(COC(=O)c2ccc(OCC(C)C)cc2)cs1. The summed E-state index contributed by atoms with van der Waals surface area (Å²) in [4.78, 5) is 30.6. The van der Waals surface area contributed by atoms with E-state index in [4.69, 9.17) is 9.47 Å². The van der Waals surface area contributed by atoms with Crippen LogP contribution < -0.4 is 9.64 Å². The van der Waals surface area contributed by atoms with Gasteiger partial charge in [0, 0.05) is 12.3 Å². The van der Waals surface area contributed by atoms with Crippen molar-refractivity contribution in [2.24, 2.45) is 5.92 Å². The number of rotatable bonds is 8. The van der Waals surface area contributed by atoms with Gasteiger partial charge in [-0.3, -0.25) is 9.69 Å². The number of thiazole rings is 1. The minimum atomic E-state index is -0.438. The average molecular weight is 439 g/mol. The zero-order chi connectivity index (χ0) is 22.4. The number of carbonyl (C=O) groups excluding carboxylic acids is 2. The predicted molar refractivity (Wildman–Crippen MR) is 122 cm³/mol. The summed E-state index contributed by atoms with van der Waals surface area (Å²) in [6, 6.07) is 14.5. The maximum Gasteiger partial charge on any atom is 0.338 e. The molecule has 1 heterocycles. The summed E-state index contributed by atoms with van der Waals surface area (Å²) in [7, 11) is 0. The molecule has 1 amide bonds. The van der Waals surface area contributed by atoms with E-state index < -0.39 is 5.97 Å². The molecule has 0 aliphatic heterocycles. The van der Waals surface area contributed by atoms with Crippen molar-refractivity contribution in [3.05, 3.63) is 70.7 Å². The van der Waals surface area contributed by atoms with Gasteiger partial charge in [0.15, 0.2) is 5.13 Å². The van der Waals surface area contributed by atoms with Crippen LogP contribution in [-0.4, -0.2) is 23.5 Å². The van der Waals surface area contributed by atoms with E-state index in [1.54, 1.807) is 34.5 Å². The molecular formula is C24H26N2O4S. The van der Waals surface area contributed by atoms with Crippen LogP contribution in [0.3, 0.4) is 0 Å². The molecule has 31 heavy (non-hydrogen) atoms. The average Bonchev–Trinajstić information content (AvgIpc) is 3.19. The summed E-state index contributed by atoms with van der Waals surface area (Å²) < 4.78 is 11.0. The van der Waals surface area contributed by atoms with Crippen LogP contribution in [-0.2, 0) is 16.1 Å². The summed E-state index contributed by atoms with van der Waals surface area (Å²) in [5.74, 6) is 0.572. The van der Waals surface area contributed by atoms with Crippen LogP contribution in [0.4, 0.5) is 10.8 Å². The molecule has 162 valence electrons. The molecule has 0 unspecified atom stereocenters. The maximum atomic E-state index is 12.4. The molecule has 1 aromatic heterocycles. The summed E-state index contributed by atoms with van der Waals surface area (Å²) in [5, 5.41) is 2.33. The number of esters is 1. The fourth-order valence-electron chi connectivity index (χ4n) is 2.83. The lowest BCUT2D eigenvalue weighted by atomic mass is 10.2. The van der Waals surface area contributed by atoms with Crippen molar-refractivity contribution in [1.29, 1.82) is 0 Å². The first-order valence-electron chi connectivity index (χ1n) is 10.0. The molecule has 0 saturated heterocycles. The molecular weight excluding hydrogens is 412 g/mol. The monoisotopic (exact) mass is 438 g/mol. The van der Waals surface area contributed by atoms with Gasteiger partial charge >= 0.3 is 5.97 Å². The van der Waals surface area contributed by atoms with Gasteiger partial charge in [-0.15, -0.1) is 11.3 Å². The van der Waals surface area contributed by atoms with E-state index in [9.17, 15) is 9.59 Å². The van der Waals surface area contributed by atoms with Gasteiger partial charge in [0.05, 0.1) is 23.6 Å². The lowest BCUT2D eigenvalue weighted by molar-refractivity contribution is -0.115. The van der Waals surface area contributed by atoms with E-state index in [-0.39, 0.29) is 12.5 Å². The van der Waals surface area contributed by atoms with E-state index in [2.05, 4.69) is 18.8 Å². The molecule has 3 aromatic rings. The van der Waals surface area contributed by atoms with Crippen molar-refractivity contribution < 1.29 is 19.1 Å². The van der Waals surface area contributed by atoms with Crippen LogP contribution in [0, 0.1) is 12.8 Å². The van der Waals surface area contributed by atoms with Crippen molar-refractivity contribution in [3.8, 4) is 5.75 Å². The quantitative estimate of drug-likeness (QED) is 0.433. The molecule has 7 heteroatoms. The van der Waals surface area contributed by atoms with Crippen LogP contribution in [0.5, 0.6) is 5.75 Å². The van der Waals surface area contributed by atoms with Gasteiger partial charge in [0.25, 0.3) is 0 Å². The van der Waals surface area contributed by atoms with Crippen LogP contribution in [0.15, 0.2) is 53.9 Å². The van der Waals surface area contributed by atoms with Gasteiger partial charge < -0.3 is 9.47 Å². The molecule has 0 aliphatic rings. The predicted octanol–water partition coefficient (Wildman–Crippen LogP) is 5.53. The third-order valence-corrected chi connectivity index (χ3v) is 5.20. The number of ether oxygens (including phenoxy) is 2. The van der Waals surface area contributed by atoms with E-state index >= 15 is 0 Å². The second kappa shape index (κ2) is 10.2. The number of nitrogens with zero attached hydrogens (tertiary/aromatic N) is 2. The highest BCUT2D eigenvalue weighted by molar-refractivity contribution is 7.14. The number of benzene rings is 2. The highest BCUT2D eigenvalue weighted by Gasteiger charge is 2.18. The summed E-state index contributed by atoms with van der Waals surface area (Å²) in [5.41, 5.74) is 2.84. The number of anilines is 2. The van der Waals surface area contributed by atoms with Crippen LogP contribution in [0.25, 0.3) is 0 Å². The number of aromatic nitrogens is 1. The summed E-state index contributed by atoms with van der Waals surface area (Å²) in [6.07, 6.45) is 0. The molecule has 0 spiro atoms. The Morgan fingerprint density at radius 3 is 2.52 bits per heavy atom. The van der Waals surface area contributed by atoms with Crippen LogP contribution in [0.1, 0.15) is 42.4 Å². The minimum Gasteiger partial charge on any atom is -0.493 e. The summed E-state index contributed by atoms with van der Waals surface area (Å²) in [6.45, 7) is 8.27. The zero-order valence-electron chi connectivity index (χ0n) is 18.1. The Morgan fingerprint density at radius 1 is 1.13 bits per heavy atom. The molecule has 3 rings (SSSR count). The fourth-order valence-corrected chi connectivity index (χ4v) is 3.70. The van der Waals surface area contributed by atoms with E-state index in [0.717, 1.165) is 17.0 Å². The first-order valence-corrected chi connectivity index (χ1v) is 10.9. The number of carbonyl (C=O) groups is 2. The number of hydrogen-bond acceptors (Lipinski definition) is 6. The van der Waals surface area contributed by atoms with Gasteiger partial charge in [-0.2, -0.15) is 0 Å². The second-order valence-corrected chi connectivity index (χ2v) is 8.46. The van der Waals surface area contributed by atoms with E-state index in [0.29, 0.717) is 28.9 Å². The Labute approximate surface area is 186 Å². The largest absolute Gasteiger partial charge is 0.493 e. The second-order valence-electron chi connectivity index (χ2n) is 7.62. The van der Waals surface area contributed by atoms with Gasteiger partial charge in [0.1, 0.15) is 12.4 Å². The molecule has 0 atom stereocenters. The van der Waals surface area contributed by atoms with Crippen molar-refractivity contribution >= 4 is 34.0 Å². The van der Waals surface area contributed by atoms with E-state index in [1.807, 2.05) is 31.2 Å². The topological polar surface area (TPSA) is 68.7 Å². The summed E-state index contributed by atoms with van der Waals surface area (Å²) >= 11 is 1.33. The van der Waals surface area contributed by atoms with Crippen LogP contribution in [0.2, 0.25) is 0 Å². The highest BCUT2D eigenvalue weighted by atomic mass is 32.1.